The summed E-state index contributed by atoms with van der Waals surface area (Å²) in [6.45, 7) is -2.17. The van der Waals surface area contributed by atoms with Crippen molar-refractivity contribution in [3.63, 3.8) is 0 Å². The number of ether oxygens (including phenoxy) is 1. The molecule has 0 aromatic rings. The van der Waals surface area contributed by atoms with Crippen LogP contribution in [0.25, 0.3) is 0 Å². The standard InChI is InChI=1S/C11H14F9NO/c1-2-22-11(19,20)9(15,16)10(17,18)21-5-3-7(4-6-21)8(12,13)14/h7H,2-6H2,1H3. The fraction of sp³-hybridized carbons (Fsp3) is 1.00. The number of piperidine rings is 1. The molecule has 11 heteroatoms. The minimum absolute atomic E-state index is 0.359. The van der Waals surface area contributed by atoms with Crippen LogP contribution >= 0.6 is 0 Å². The molecule has 0 spiro atoms. The maximum atomic E-state index is 13.7. The number of hydrogen-bond donors (Lipinski definition) is 0. The number of likely N-dealkylation sites (tertiary alicyclic amines) is 1. The predicted molar refractivity (Wildman–Crippen MR) is 56.8 cm³/mol. The molecule has 2 nitrogen and oxygen atoms in total. The van der Waals surface area contributed by atoms with Crippen LogP contribution in [0, 0.1) is 5.92 Å². The second-order valence-electron chi connectivity index (χ2n) is 4.87. The van der Waals surface area contributed by atoms with Crippen LogP contribution < -0.4 is 0 Å². The van der Waals surface area contributed by atoms with E-state index in [1.165, 1.54) is 0 Å². The highest BCUT2D eigenvalue weighted by molar-refractivity contribution is 4.94. The Morgan fingerprint density at radius 2 is 1.36 bits per heavy atom. The summed E-state index contributed by atoms with van der Waals surface area (Å²) in [4.78, 5) is -0.359. The third kappa shape index (κ3) is 3.44. The van der Waals surface area contributed by atoms with Crippen molar-refractivity contribution in [2.24, 2.45) is 5.92 Å². The van der Waals surface area contributed by atoms with Gasteiger partial charge in [-0.15, -0.1) is 0 Å². The monoisotopic (exact) mass is 347 g/mol. The van der Waals surface area contributed by atoms with Crippen molar-refractivity contribution in [2.45, 2.75) is 44.0 Å². The molecule has 1 rings (SSSR count). The third-order valence-corrected chi connectivity index (χ3v) is 3.42. The van der Waals surface area contributed by atoms with Crippen LogP contribution in [0.1, 0.15) is 19.8 Å². The van der Waals surface area contributed by atoms with E-state index in [1.807, 2.05) is 0 Å². The molecular formula is C11H14F9NO. The second kappa shape index (κ2) is 6.06. The molecule has 0 bridgehead atoms. The summed E-state index contributed by atoms with van der Waals surface area (Å²) < 4.78 is 121. The van der Waals surface area contributed by atoms with Gasteiger partial charge < -0.3 is 4.74 Å². The minimum Gasteiger partial charge on any atom is -0.316 e. The van der Waals surface area contributed by atoms with E-state index >= 15 is 0 Å². The Hall–Kier alpha value is -0.710. The van der Waals surface area contributed by atoms with Crippen molar-refractivity contribution in [3.8, 4) is 0 Å². The summed E-state index contributed by atoms with van der Waals surface area (Å²) in [5.74, 6) is -7.79. The lowest BCUT2D eigenvalue weighted by Gasteiger charge is -2.41. The molecule has 1 fully saturated rings. The van der Waals surface area contributed by atoms with Crippen LogP contribution in [0.15, 0.2) is 0 Å². The molecule has 1 saturated heterocycles. The Labute approximate surface area is 120 Å². The predicted octanol–water partition coefficient (Wildman–Crippen LogP) is 4.12. The number of halogens is 9. The smallest absolute Gasteiger partial charge is 0.316 e. The van der Waals surface area contributed by atoms with E-state index in [1.54, 1.807) is 0 Å². The Bertz CT molecular complexity index is 374. The van der Waals surface area contributed by atoms with Crippen molar-refractivity contribution < 1.29 is 44.3 Å². The summed E-state index contributed by atoms with van der Waals surface area (Å²) in [5, 5.41) is 0. The van der Waals surface area contributed by atoms with Crippen LogP contribution in [0.4, 0.5) is 39.5 Å². The Kier molecular flexibility index (Phi) is 5.33. The zero-order chi connectivity index (χ0) is 17.4. The molecule has 0 atom stereocenters. The second-order valence-corrected chi connectivity index (χ2v) is 4.87. The summed E-state index contributed by atoms with van der Waals surface area (Å²) in [7, 11) is 0. The fourth-order valence-electron chi connectivity index (χ4n) is 2.13. The van der Waals surface area contributed by atoms with Crippen LogP contribution in [-0.2, 0) is 4.74 Å². The molecule has 0 aromatic carbocycles. The highest BCUT2D eigenvalue weighted by atomic mass is 19.4. The molecular weight excluding hydrogens is 333 g/mol. The zero-order valence-corrected chi connectivity index (χ0v) is 11.4. The normalized spacial score (nSPS) is 20.5. The van der Waals surface area contributed by atoms with Crippen molar-refractivity contribution in [3.05, 3.63) is 0 Å². The topological polar surface area (TPSA) is 12.5 Å². The Balaban J connectivity index is 2.87. The Morgan fingerprint density at radius 3 is 1.73 bits per heavy atom. The van der Waals surface area contributed by atoms with Gasteiger partial charge in [-0.3, -0.25) is 0 Å². The largest absolute Gasteiger partial charge is 0.427 e. The van der Waals surface area contributed by atoms with E-state index in [0.29, 0.717) is 0 Å². The van der Waals surface area contributed by atoms with Crippen molar-refractivity contribution in [1.82, 2.24) is 4.90 Å². The molecule has 0 N–H and O–H groups in total. The van der Waals surface area contributed by atoms with E-state index in [2.05, 4.69) is 4.74 Å². The molecule has 0 aromatic heterocycles. The highest BCUT2D eigenvalue weighted by Crippen LogP contribution is 2.49. The number of rotatable bonds is 5. The third-order valence-electron chi connectivity index (χ3n) is 3.42. The summed E-state index contributed by atoms with van der Waals surface area (Å²) in [6.07, 6.45) is -11.8. The minimum atomic E-state index is -5.87. The van der Waals surface area contributed by atoms with E-state index in [9.17, 15) is 39.5 Å². The molecule has 22 heavy (non-hydrogen) atoms. The van der Waals surface area contributed by atoms with Crippen LogP contribution in [0.3, 0.4) is 0 Å². The molecule has 1 heterocycles. The highest BCUT2D eigenvalue weighted by Gasteiger charge is 2.75. The Morgan fingerprint density at radius 1 is 0.909 bits per heavy atom. The molecule has 0 aliphatic carbocycles. The van der Waals surface area contributed by atoms with Gasteiger partial charge in [0, 0.05) is 13.1 Å². The van der Waals surface area contributed by atoms with Gasteiger partial charge in [-0.05, 0) is 19.8 Å². The summed E-state index contributed by atoms with van der Waals surface area (Å²) in [6, 6.07) is -5.33. The molecule has 0 radical (unpaired) electrons. The lowest BCUT2D eigenvalue weighted by Crippen LogP contribution is -2.64. The first-order chi connectivity index (χ1) is 9.77. The van der Waals surface area contributed by atoms with Gasteiger partial charge in [-0.1, -0.05) is 0 Å². The SMILES string of the molecule is CCOC(F)(F)C(F)(F)C(F)(F)N1CCC(C(F)(F)F)CC1. The van der Waals surface area contributed by atoms with E-state index in [4.69, 9.17) is 0 Å². The first-order valence-electron chi connectivity index (χ1n) is 6.36. The van der Waals surface area contributed by atoms with Gasteiger partial charge >= 0.3 is 24.3 Å². The van der Waals surface area contributed by atoms with Gasteiger partial charge in [0.1, 0.15) is 0 Å². The molecule has 0 unspecified atom stereocenters. The van der Waals surface area contributed by atoms with E-state index in [0.717, 1.165) is 6.92 Å². The molecule has 0 saturated carbocycles. The lowest BCUT2D eigenvalue weighted by atomic mass is 9.95. The molecule has 1 aliphatic rings. The van der Waals surface area contributed by atoms with E-state index < -0.39 is 62.7 Å². The van der Waals surface area contributed by atoms with Crippen molar-refractivity contribution in [2.75, 3.05) is 19.7 Å². The average Bonchev–Trinajstić information content (AvgIpc) is 2.37. The van der Waals surface area contributed by atoms with Gasteiger partial charge in [0.05, 0.1) is 12.5 Å². The lowest BCUT2D eigenvalue weighted by molar-refractivity contribution is -0.424. The van der Waals surface area contributed by atoms with Crippen LogP contribution in [-0.4, -0.2) is 48.9 Å². The van der Waals surface area contributed by atoms with Gasteiger partial charge in [0.2, 0.25) is 0 Å². The summed E-state index contributed by atoms with van der Waals surface area (Å²) >= 11 is 0. The van der Waals surface area contributed by atoms with Crippen LogP contribution in [0.5, 0.6) is 0 Å². The maximum absolute atomic E-state index is 13.7. The van der Waals surface area contributed by atoms with Gasteiger partial charge in [0.15, 0.2) is 0 Å². The molecule has 1 aliphatic heterocycles. The van der Waals surface area contributed by atoms with E-state index in [-0.39, 0.29) is 4.90 Å². The molecule has 0 amide bonds. The van der Waals surface area contributed by atoms with Crippen molar-refractivity contribution in [1.29, 1.82) is 0 Å². The molecule has 132 valence electrons. The quantitative estimate of drug-likeness (QED) is 0.548. The van der Waals surface area contributed by atoms with Crippen molar-refractivity contribution >= 4 is 0 Å². The van der Waals surface area contributed by atoms with Gasteiger partial charge in [-0.25, -0.2) is 4.90 Å². The number of hydrogen-bond acceptors (Lipinski definition) is 2. The summed E-state index contributed by atoms with van der Waals surface area (Å²) in [5.41, 5.74) is 0. The van der Waals surface area contributed by atoms with Gasteiger partial charge in [-0.2, -0.15) is 39.5 Å². The van der Waals surface area contributed by atoms with Gasteiger partial charge in [0.25, 0.3) is 0 Å². The fourth-order valence-corrected chi connectivity index (χ4v) is 2.13. The number of nitrogens with zero attached hydrogens (tertiary/aromatic N) is 1. The average molecular weight is 347 g/mol. The van der Waals surface area contributed by atoms with Crippen LogP contribution in [0.2, 0.25) is 0 Å². The maximum Gasteiger partial charge on any atom is 0.427 e. The zero-order valence-electron chi connectivity index (χ0n) is 11.4. The first kappa shape index (κ1) is 19.3. The number of alkyl halides is 9. The first-order valence-corrected chi connectivity index (χ1v) is 6.36.